The van der Waals surface area contributed by atoms with Gasteiger partial charge in [0.05, 0.1) is 6.04 Å². The van der Waals surface area contributed by atoms with Gasteiger partial charge in [-0.05, 0) is 65.8 Å². The zero-order valence-electron chi connectivity index (χ0n) is 12.4. The third-order valence-corrected chi connectivity index (χ3v) is 5.97. The van der Waals surface area contributed by atoms with E-state index in [4.69, 9.17) is 5.73 Å². The fraction of sp³-hybridized carbons (Fsp3) is 0.263. The Morgan fingerprint density at radius 1 is 1.05 bits per heavy atom. The fourth-order valence-electron chi connectivity index (χ4n) is 3.45. The maximum atomic E-state index is 6.60. The van der Waals surface area contributed by atoms with E-state index in [-0.39, 0.29) is 6.04 Å². The second-order valence-corrected chi connectivity index (χ2v) is 7.31. The molecule has 1 aromatic heterocycles. The lowest BCUT2D eigenvalue weighted by Crippen LogP contribution is -2.11. The molecule has 1 aliphatic carbocycles. The molecule has 2 N–H and O–H groups in total. The zero-order chi connectivity index (χ0) is 14.6. The van der Waals surface area contributed by atoms with Gasteiger partial charge in [0.1, 0.15) is 0 Å². The number of nitrogens with two attached hydrogens (primary N) is 1. The Hall–Kier alpha value is -1.64. The van der Waals surface area contributed by atoms with Crippen molar-refractivity contribution in [2.24, 2.45) is 5.73 Å². The van der Waals surface area contributed by atoms with Crippen LogP contribution in [0.15, 0.2) is 36.4 Å². The Balaban J connectivity index is 1.91. The molecule has 106 valence electrons. The summed E-state index contributed by atoms with van der Waals surface area (Å²) in [6, 6.07) is 13.4. The van der Waals surface area contributed by atoms with Gasteiger partial charge in [-0.3, -0.25) is 0 Å². The second-order valence-electron chi connectivity index (χ2n) is 6.02. The minimum Gasteiger partial charge on any atom is -0.320 e. The third kappa shape index (κ3) is 1.94. The molecule has 1 atom stereocenters. The summed E-state index contributed by atoms with van der Waals surface area (Å²) in [5, 5.41) is 2.80. The Labute approximate surface area is 129 Å². The molecule has 0 amide bonds. The minimum atomic E-state index is -0.0210. The van der Waals surface area contributed by atoms with Crippen LogP contribution >= 0.6 is 11.3 Å². The standard InChI is InChI=1S/C19H19NS/c1-11-10-17(21-12(11)2)19(20)16-9-8-14-7-6-13-4-3-5-15(16)18(13)14/h3-5,8-10,19H,6-7,20H2,1-2H3. The number of aryl methyl sites for hydroxylation is 4. The first kappa shape index (κ1) is 13.1. The first-order valence-electron chi connectivity index (χ1n) is 7.51. The van der Waals surface area contributed by atoms with Gasteiger partial charge in [-0.15, -0.1) is 11.3 Å². The van der Waals surface area contributed by atoms with Gasteiger partial charge in [0.15, 0.2) is 0 Å². The highest BCUT2D eigenvalue weighted by atomic mass is 32.1. The summed E-state index contributed by atoms with van der Waals surface area (Å²) in [6.07, 6.45) is 2.34. The summed E-state index contributed by atoms with van der Waals surface area (Å²) in [5.74, 6) is 0. The SMILES string of the molecule is Cc1cc(C(N)c2ccc3c4c(cccc24)CC3)sc1C. The van der Waals surface area contributed by atoms with Crippen molar-refractivity contribution < 1.29 is 0 Å². The van der Waals surface area contributed by atoms with E-state index >= 15 is 0 Å². The number of thiophene rings is 1. The second kappa shape index (κ2) is 4.69. The van der Waals surface area contributed by atoms with Gasteiger partial charge in [0, 0.05) is 9.75 Å². The van der Waals surface area contributed by atoms with Crippen LogP contribution in [0.2, 0.25) is 0 Å². The number of benzene rings is 2. The molecule has 2 aromatic carbocycles. The highest BCUT2D eigenvalue weighted by Crippen LogP contribution is 2.37. The van der Waals surface area contributed by atoms with E-state index in [1.165, 1.54) is 55.6 Å². The molecule has 4 rings (SSSR count). The summed E-state index contributed by atoms with van der Waals surface area (Å²) in [6.45, 7) is 4.33. The zero-order valence-corrected chi connectivity index (χ0v) is 13.3. The Morgan fingerprint density at radius 2 is 1.81 bits per heavy atom. The van der Waals surface area contributed by atoms with Gasteiger partial charge >= 0.3 is 0 Å². The van der Waals surface area contributed by atoms with Gasteiger partial charge < -0.3 is 5.73 Å². The van der Waals surface area contributed by atoms with Crippen LogP contribution in [0.1, 0.15) is 38.0 Å². The largest absolute Gasteiger partial charge is 0.320 e. The average molecular weight is 293 g/mol. The topological polar surface area (TPSA) is 26.0 Å². The van der Waals surface area contributed by atoms with Crippen molar-refractivity contribution in [3.8, 4) is 0 Å². The van der Waals surface area contributed by atoms with E-state index in [0.29, 0.717) is 0 Å². The number of hydrogen-bond donors (Lipinski definition) is 1. The van der Waals surface area contributed by atoms with Gasteiger partial charge in [-0.2, -0.15) is 0 Å². The Morgan fingerprint density at radius 3 is 2.52 bits per heavy atom. The van der Waals surface area contributed by atoms with Gasteiger partial charge in [0.2, 0.25) is 0 Å². The van der Waals surface area contributed by atoms with Crippen molar-refractivity contribution in [2.75, 3.05) is 0 Å². The fourth-order valence-corrected chi connectivity index (χ4v) is 4.51. The van der Waals surface area contributed by atoms with Crippen LogP contribution in [0, 0.1) is 13.8 Å². The van der Waals surface area contributed by atoms with E-state index < -0.39 is 0 Å². The molecule has 0 aliphatic heterocycles. The minimum absolute atomic E-state index is 0.0210. The monoisotopic (exact) mass is 293 g/mol. The average Bonchev–Trinajstić information content (AvgIpc) is 3.05. The van der Waals surface area contributed by atoms with Crippen LogP contribution in [0.4, 0.5) is 0 Å². The molecule has 21 heavy (non-hydrogen) atoms. The summed E-state index contributed by atoms with van der Waals surface area (Å²) in [4.78, 5) is 2.63. The molecule has 1 heterocycles. The van der Waals surface area contributed by atoms with Crippen LogP contribution < -0.4 is 5.73 Å². The van der Waals surface area contributed by atoms with Crippen LogP contribution in [-0.2, 0) is 12.8 Å². The van der Waals surface area contributed by atoms with Crippen molar-refractivity contribution >= 4 is 22.1 Å². The molecule has 0 saturated heterocycles. The molecule has 2 heteroatoms. The number of rotatable bonds is 2. The predicted molar refractivity (Wildman–Crippen MR) is 91.2 cm³/mol. The molecule has 0 bridgehead atoms. The molecule has 1 nitrogen and oxygen atoms in total. The van der Waals surface area contributed by atoms with E-state index in [9.17, 15) is 0 Å². The van der Waals surface area contributed by atoms with Crippen LogP contribution in [-0.4, -0.2) is 0 Å². The van der Waals surface area contributed by atoms with Crippen molar-refractivity contribution in [3.63, 3.8) is 0 Å². The Kier molecular flexibility index (Phi) is 2.91. The quantitative estimate of drug-likeness (QED) is 0.730. The summed E-state index contributed by atoms with van der Waals surface area (Å²) in [7, 11) is 0. The van der Waals surface area contributed by atoms with E-state index in [0.717, 1.165) is 0 Å². The maximum Gasteiger partial charge on any atom is 0.0652 e. The molecule has 1 unspecified atom stereocenters. The molecule has 1 aliphatic rings. The first-order chi connectivity index (χ1) is 10.1. The molecule has 0 saturated carbocycles. The van der Waals surface area contributed by atoms with E-state index in [2.05, 4.69) is 50.2 Å². The van der Waals surface area contributed by atoms with Crippen molar-refractivity contribution in [1.29, 1.82) is 0 Å². The van der Waals surface area contributed by atoms with Crippen LogP contribution in [0.25, 0.3) is 10.8 Å². The van der Waals surface area contributed by atoms with Gasteiger partial charge in [-0.1, -0.05) is 30.3 Å². The van der Waals surface area contributed by atoms with Crippen LogP contribution in [0.5, 0.6) is 0 Å². The first-order valence-corrected chi connectivity index (χ1v) is 8.32. The maximum absolute atomic E-state index is 6.60. The molecular weight excluding hydrogens is 274 g/mol. The van der Waals surface area contributed by atoms with Crippen molar-refractivity contribution in [2.45, 2.75) is 32.7 Å². The summed E-state index contributed by atoms with van der Waals surface area (Å²) < 4.78 is 0. The van der Waals surface area contributed by atoms with Crippen molar-refractivity contribution in [3.05, 3.63) is 68.4 Å². The highest BCUT2D eigenvalue weighted by molar-refractivity contribution is 7.12. The third-order valence-electron chi connectivity index (χ3n) is 4.74. The smallest absolute Gasteiger partial charge is 0.0652 e. The van der Waals surface area contributed by atoms with Gasteiger partial charge in [0.25, 0.3) is 0 Å². The van der Waals surface area contributed by atoms with E-state index in [1.54, 1.807) is 0 Å². The van der Waals surface area contributed by atoms with E-state index in [1.807, 2.05) is 11.3 Å². The molecule has 0 fully saturated rings. The number of hydrogen-bond acceptors (Lipinski definition) is 2. The summed E-state index contributed by atoms with van der Waals surface area (Å²) in [5.41, 5.74) is 12.2. The molecule has 3 aromatic rings. The van der Waals surface area contributed by atoms with Crippen molar-refractivity contribution in [1.82, 2.24) is 0 Å². The van der Waals surface area contributed by atoms with Gasteiger partial charge in [-0.25, -0.2) is 0 Å². The molecular formula is C19H19NS. The lowest BCUT2D eigenvalue weighted by Gasteiger charge is -2.14. The normalized spacial score (nSPS) is 14.8. The molecule has 0 spiro atoms. The lowest BCUT2D eigenvalue weighted by molar-refractivity contribution is 0.902. The Bertz CT molecular complexity index is 814. The lowest BCUT2D eigenvalue weighted by atomic mass is 9.95. The molecule has 0 radical (unpaired) electrons. The van der Waals surface area contributed by atoms with Crippen LogP contribution in [0.3, 0.4) is 0 Å². The predicted octanol–water partition coefficient (Wildman–Crippen LogP) is 4.66. The summed E-state index contributed by atoms with van der Waals surface area (Å²) >= 11 is 1.82. The highest BCUT2D eigenvalue weighted by Gasteiger charge is 2.20.